The van der Waals surface area contributed by atoms with Gasteiger partial charge in [-0.2, -0.15) is 0 Å². The third kappa shape index (κ3) is 7.46. The molecule has 0 N–H and O–H groups in total. The van der Waals surface area contributed by atoms with Crippen molar-refractivity contribution in [3.8, 4) is 0 Å². The number of halogens is 1. The van der Waals surface area contributed by atoms with Crippen molar-refractivity contribution in [2.75, 3.05) is 50.9 Å². The number of hydrogen-bond acceptors (Lipinski definition) is 7. The Morgan fingerprint density at radius 1 is 1.00 bits per heavy atom. The van der Waals surface area contributed by atoms with Gasteiger partial charge in [-0.25, -0.2) is 17.7 Å². The summed E-state index contributed by atoms with van der Waals surface area (Å²) in [4.78, 5) is 23.8. The molecule has 0 spiro atoms. The van der Waals surface area contributed by atoms with Crippen LogP contribution < -0.4 is 4.90 Å². The zero-order valence-electron chi connectivity index (χ0n) is 22.1. The monoisotopic (exact) mass is 584 g/mol. The van der Waals surface area contributed by atoms with Gasteiger partial charge < -0.3 is 4.90 Å². The lowest BCUT2D eigenvalue weighted by molar-refractivity contribution is 0.0983. The second-order valence-corrected chi connectivity index (χ2v) is 12.4. The van der Waals surface area contributed by atoms with E-state index in [9.17, 15) is 13.2 Å². The van der Waals surface area contributed by atoms with Gasteiger partial charge in [0.25, 0.3) is 5.91 Å². The van der Waals surface area contributed by atoms with Crippen LogP contribution in [0.2, 0.25) is 0 Å². The van der Waals surface area contributed by atoms with Crippen molar-refractivity contribution in [2.24, 2.45) is 0 Å². The molecular formula is C26H37ClN4O3S3. The molecule has 1 aromatic heterocycles. The first-order valence-electron chi connectivity index (χ1n) is 12.3. The minimum atomic E-state index is -3.59. The SMILES string of the molecule is CCCCN(C)S(=O)(=O)c1ccc(C(=O)N(CCN(CC)CC)c2nc3c(SC)cccc3s2)cc1.Cl. The summed E-state index contributed by atoms with van der Waals surface area (Å²) in [7, 11) is -2.00. The van der Waals surface area contributed by atoms with Crippen LogP contribution in [0.15, 0.2) is 52.3 Å². The number of rotatable bonds is 13. The summed E-state index contributed by atoms with van der Waals surface area (Å²) in [6.07, 6.45) is 3.74. The predicted molar refractivity (Wildman–Crippen MR) is 159 cm³/mol. The summed E-state index contributed by atoms with van der Waals surface area (Å²) in [5.41, 5.74) is 1.34. The van der Waals surface area contributed by atoms with Crippen molar-refractivity contribution < 1.29 is 13.2 Å². The fraction of sp³-hybridized carbons (Fsp3) is 0.462. The molecule has 1 amide bonds. The van der Waals surface area contributed by atoms with Gasteiger partial charge in [0.05, 0.1) is 15.1 Å². The first-order valence-corrected chi connectivity index (χ1v) is 15.8. The lowest BCUT2D eigenvalue weighted by atomic mass is 10.2. The minimum absolute atomic E-state index is 0. The smallest absolute Gasteiger partial charge is 0.260 e. The van der Waals surface area contributed by atoms with Crippen molar-refractivity contribution in [1.29, 1.82) is 0 Å². The fourth-order valence-corrected chi connectivity index (χ4v) is 6.72. The van der Waals surface area contributed by atoms with Crippen molar-refractivity contribution in [2.45, 2.75) is 43.4 Å². The molecule has 37 heavy (non-hydrogen) atoms. The first kappa shape index (κ1) is 31.5. The minimum Gasteiger partial charge on any atom is -0.302 e. The van der Waals surface area contributed by atoms with Crippen LogP contribution in [0.4, 0.5) is 5.13 Å². The van der Waals surface area contributed by atoms with Crippen molar-refractivity contribution in [3.63, 3.8) is 0 Å². The molecule has 0 radical (unpaired) electrons. The number of hydrogen-bond donors (Lipinski definition) is 0. The average Bonchev–Trinajstić information content (AvgIpc) is 3.33. The highest BCUT2D eigenvalue weighted by Gasteiger charge is 2.24. The Balaban J connectivity index is 0.00000481. The van der Waals surface area contributed by atoms with Crippen LogP contribution in [-0.4, -0.2) is 74.5 Å². The first-order chi connectivity index (χ1) is 17.3. The third-order valence-corrected chi connectivity index (χ3v) is 9.92. The van der Waals surface area contributed by atoms with E-state index in [4.69, 9.17) is 4.98 Å². The van der Waals surface area contributed by atoms with E-state index in [0.29, 0.717) is 23.8 Å². The summed E-state index contributed by atoms with van der Waals surface area (Å²) in [6, 6.07) is 12.3. The van der Waals surface area contributed by atoms with Gasteiger partial charge in [0.2, 0.25) is 10.0 Å². The number of carbonyl (C=O) groups excluding carboxylic acids is 1. The molecule has 11 heteroatoms. The van der Waals surface area contributed by atoms with Gasteiger partial charge in [-0.3, -0.25) is 9.69 Å². The number of sulfonamides is 1. The van der Waals surface area contributed by atoms with E-state index in [0.717, 1.165) is 47.6 Å². The maximum absolute atomic E-state index is 13.7. The van der Waals surface area contributed by atoms with Gasteiger partial charge >= 0.3 is 0 Å². The van der Waals surface area contributed by atoms with Crippen molar-refractivity contribution in [3.05, 3.63) is 48.0 Å². The van der Waals surface area contributed by atoms with Crippen LogP contribution in [0.25, 0.3) is 10.2 Å². The molecule has 3 rings (SSSR count). The number of nitrogens with zero attached hydrogens (tertiary/aromatic N) is 4. The van der Waals surface area contributed by atoms with Gasteiger partial charge in [-0.05, 0) is 62.2 Å². The molecule has 0 saturated heterocycles. The van der Waals surface area contributed by atoms with Crippen molar-refractivity contribution in [1.82, 2.24) is 14.2 Å². The number of para-hydroxylation sites is 1. The number of aromatic nitrogens is 1. The summed E-state index contributed by atoms with van der Waals surface area (Å²) in [5.74, 6) is -0.185. The van der Waals surface area contributed by atoms with E-state index in [1.54, 1.807) is 35.8 Å². The van der Waals surface area contributed by atoms with Gasteiger partial charge in [0, 0.05) is 37.1 Å². The topological polar surface area (TPSA) is 73.8 Å². The molecule has 0 aliphatic carbocycles. The van der Waals surface area contributed by atoms with E-state index >= 15 is 0 Å². The van der Waals surface area contributed by atoms with Gasteiger partial charge in [0.15, 0.2) is 5.13 Å². The Labute approximate surface area is 235 Å². The number of fused-ring (bicyclic) bond motifs is 1. The lowest BCUT2D eigenvalue weighted by Crippen LogP contribution is -2.38. The van der Waals surface area contributed by atoms with E-state index in [1.807, 2.05) is 31.4 Å². The molecule has 0 saturated carbocycles. The Kier molecular flexibility index (Phi) is 12.3. The Hall–Kier alpha value is -1.69. The van der Waals surface area contributed by atoms with E-state index in [-0.39, 0.29) is 23.2 Å². The standard InChI is InChI=1S/C26H36N4O3S3.ClH/c1-6-9-17-28(4)36(32,33)21-15-13-20(14-16-21)25(31)30(19-18-29(7-2)8-3)26-27-24-22(34-5)11-10-12-23(24)35-26;/h10-16H,6-9,17-19H2,1-5H3;1H. The van der Waals surface area contributed by atoms with Crippen LogP contribution in [0.3, 0.4) is 0 Å². The normalized spacial score (nSPS) is 11.8. The molecule has 0 bridgehead atoms. The number of thiazole rings is 1. The predicted octanol–water partition coefficient (Wildman–Crippen LogP) is 5.85. The molecule has 7 nitrogen and oxygen atoms in total. The van der Waals surface area contributed by atoms with Crippen LogP contribution >= 0.6 is 35.5 Å². The van der Waals surface area contributed by atoms with E-state index in [2.05, 4.69) is 18.7 Å². The highest BCUT2D eigenvalue weighted by atomic mass is 35.5. The molecule has 1 heterocycles. The summed E-state index contributed by atoms with van der Waals surface area (Å²) >= 11 is 3.14. The largest absolute Gasteiger partial charge is 0.302 e. The average molecular weight is 585 g/mol. The third-order valence-electron chi connectivity index (χ3n) is 6.24. The second-order valence-electron chi connectivity index (χ2n) is 8.49. The van der Waals surface area contributed by atoms with E-state index in [1.165, 1.54) is 27.8 Å². The molecule has 2 aromatic carbocycles. The Bertz CT molecular complexity index is 1260. The number of likely N-dealkylation sites (N-methyl/N-ethyl adjacent to an activating group) is 1. The molecule has 0 aliphatic rings. The second kappa shape index (κ2) is 14.5. The van der Waals surface area contributed by atoms with E-state index < -0.39 is 10.0 Å². The molecule has 3 aromatic rings. The zero-order chi connectivity index (χ0) is 26.3. The molecule has 204 valence electrons. The Morgan fingerprint density at radius 2 is 1.68 bits per heavy atom. The summed E-state index contributed by atoms with van der Waals surface area (Å²) in [6.45, 7) is 9.71. The maximum atomic E-state index is 13.7. The quantitative estimate of drug-likeness (QED) is 0.235. The highest BCUT2D eigenvalue weighted by molar-refractivity contribution is 7.98. The number of carbonyl (C=O) groups is 1. The van der Waals surface area contributed by atoms with Crippen LogP contribution in [0.1, 0.15) is 44.0 Å². The number of unbranched alkanes of at least 4 members (excludes halogenated alkanes) is 1. The van der Waals surface area contributed by atoms with Crippen LogP contribution in [0, 0.1) is 0 Å². The molecule has 0 aliphatic heterocycles. The highest BCUT2D eigenvalue weighted by Crippen LogP contribution is 2.34. The number of anilines is 1. The molecule has 0 fully saturated rings. The molecule has 0 unspecified atom stereocenters. The van der Waals surface area contributed by atoms with Gasteiger partial charge in [-0.15, -0.1) is 24.2 Å². The van der Waals surface area contributed by atoms with Crippen molar-refractivity contribution >= 4 is 66.8 Å². The number of benzene rings is 2. The number of thioether (sulfide) groups is 1. The zero-order valence-corrected chi connectivity index (χ0v) is 25.4. The summed E-state index contributed by atoms with van der Waals surface area (Å²) < 4.78 is 28.2. The van der Waals surface area contributed by atoms with Crippen LogP contribution in [-0.2, 0) is 10.0 Å². The summed E-state index contributed by atoms with van der Waals surface area (Å²) in [5, 5.41) is 0.652. The Morgan fingerprint density at radius 3 is 2.27 bits per heavy atom. The molecule has 0 atom stereocenters. The van der Waals surface area contributed by atoms with Gasteiger partial charge in [0.1, 0.15) is 0 Å². The number of amides is 1. The molecular weight excluding hydrogens is 548 g/mol. The maximum Gasteiger partial charge on any atom is 0.260 e. The lowest BCUT2D eigenvalue weighted by Gasteiger charge is -2.25. The van der Waals surface area contributed by atoms with Crippen LogP contribution in [0.5, 0.6) is 0 Å². The fourth-order valence-electron chi connectivity index (χ4n) is 3.86. The van der Waals surface area contributed by atoms with Gasteiger partial charge in [-0.1, -0.05) is 44.6 Å².